The molecule has 1 heterocycles. The fourth-order valence-electron chi connectivity index (χ4n) is 0.690. The SMILES string of the molecule is OCCC#Cc1ccncc1F. The molecule has 62 valence electrons. The lowest BCUT2D eigenvalue weighted by Gasteiger charge is -1.89. The van der Waals surface area contributed by atoms with E-state index >= 15 is 0 Å². The van der Waals surface area contributed by atoms with Crippen LogP contribution in [0.4, 0.5) is 4.39 Å². The van der Waals surface area contributed by atoms with E-state index < -0.39 is 5.82 Å². The molecule has 0 saturated carbocycles. The van der Waals surface area contributed by atoms with Gasteiger partial charge in [0.25, 0.3) is 0 Å². The highest BCUT2D eigenvalue weighted by atomic mass is 19.1. The zero-order valence-electron chi connectivity index (χ0n) is 6.42. The first kappa shape index (κ1) is 8.69. The molecule has 1 N–H and O–H groups in total. The van der Waals surface area contributed by atoms with Gasteiger partial charge in [-0.05, 0) is 6.07 Å². The smallest absolute Gasteiger partial charge is 0.157 e. The van der Waals surface area contributed by atoms with Crippen molar-refractivity contribution >= 4 is 0 Å². The Labute approximate surface area is 70.1 Å². The molecule has 3 heteroatoms. The van der Waals surface area contributed by atoms with Gasteiger partial charge in [-0.2, -0.15) is 0 Å². The second-order valence-corrected chi connectivity index (χ2v) is 2.13. The molecule has 1 rings (SSSR count). The van der Waals surface area contributed by atoms with Crippen LogP contribution in [0.5, 0.6) is 0 Å². The molecule has 0 atom stereocenters. The highest BCUT2D eigenvalue weighted by molar-refractivity contribution is 5.33. The third kappa shape index (κ3) is 2.33. The summed E-state index contributed by atoms with van der Waals surface area (Å²) in [5, 5.41) is 8.40. The first-order valence-corrected chi connectivity index (χ1v) is 3.54. The summed E-state index contributed by atoms with van der Waals surface area (Å²) in [6.07, 6.45) is 2.96. The highest BCUT2D eigenvalue weighted by Crippen LogP contribution is 2.01. The molecule has 12 heavy (non-hydrogen) atoms. The maximum absolute atomic E-state index is 12.8. The molecule has 1 aromatic heterocycles. The Morgan fingerprint density at radius 3 is 3.08 bits per heavy atom. The van der Waals surface area contributed by atoms with E-state index in [9.17, 15) is 4.39 Å². The maximum Gasteiger partial charge on any atom is 0.157 e. The summed E-state index contributed by atoms with van der Waals surface area (Å²) in [4.78, 5) is 3.58. The number of nitrogens with zero attached hydrogens (tertiary/aromatic N) is 1. The van der Waals surface area contributed by atoms with Gasteiger partial charge in [0.05, 0.1) is 18.4 Å². The van der Waals surface area contributed by atoms with Gasteiger partial charge in [0.2, 0.25) is 0 Å². The van der Waals surface area contributed by atoms with Crippen LogP contribution < -0.4 is 0 Å². The van der Waals surface area contributed by atoms with Crippen LogP contribution in [0.15, 0.2) is 18.5 Å². The van der Waals surface area contributed by atoms with Gasteiger partial charge in [-0.25, -0.2) is 4.39 Å². The topological polar surface area (TPSA) is 33.1 Å². The summed E-state index contributed by atoms with van der Waals surface area (Å²) in [5.74, 6) is 4.79. The molecule has 0 amide bonds. The van der Waals surface area contributed by atoms with E-state index in [0.717, 1.165) is 6.20 Å². The average Bonchev–Trinajstić information content (AvgIpc) is 2.09. The molecular formula is C9H8FNO. The fraction of sp³-hybridized carbons (Fsp3) is 0.222. The van der Waals surface area contributed by atoms with Gasteiger partial charge in [-0.15, -0.1) is 0 Å². The van der Waals surface area contributed by atoms with Crippen LogP contribution in [0.2, 0.25) is 0 Å². The van der Waals surface area contributed by atoms with Gasteiger partial charge in [0.1, 0.15) is 0 Å². The second kappa shape index (κ2) is 4.47. The van der Waals surface area contributed by atoms with Crippen LogP contribution in [0.25, 0.3) is 0 Å². The quantitative estimate of drug-likeness (QED) is 0.628. The predicted octanol–water partition coefficient (Wildman–Crippen LogP) is 0.955. The Morgan fingerprint density at radius 2 is 2.42 bits per heavy atom. The van der Waals surface area contributed by atoms with E-state index in [1.165, 1.54) is 12.3 Å². The zero-order valence-corrected chi connectivity index (χ0v) is 6.42. The van der Waals surface area contributed by atoms with Crippen LogP contribution in [0.3, 0.4) is 0 Å². The Bertz CT molecular complexity index is 314. The van der Waals surface area contributed by atoms with Crippen molar-refractivity contribution in [2.45, 2.75) is 6.42 Å². The molecule has 0 aromatic carbocycles. The molecule has 0 saturated heterocycles. The standard InChI is InChI=1S/C9H8FNO/c10-9-7-11-5-4-8(9)3-1-2-6-12/h4-5,7,12H,2,6H2. The first-order chi connectivity index (χ1) is 5.84. The molecule has 0 radical (unpaired) electrons. The number of halogens is 1. The van der Waals surface area contributed by atoms with Crippen molar-refractivity contribution in [2.75, 3.05) is 6.61 Å². The van der Waals surface area contributed by atoms with Gasteiger partial charge in [-0.1, -0.05) is 11.8 Å². The van der Waals surface area contributed by atoms with Crippen LogP contribution in [0.1, 0.15) is 12.0 Å². The maximum atomic E-state index is 12.8. The normalized spacial score (nSPS) is 8.83. The number of hydrogen-bond acceptors (Lipinski definition) is 2. The minimum atomic E-state index is -0.428. The number of aliphatic hydroxyl groups excluding tert-OH is 1. The lowest BCUT2D eigenvalue weighted by atomic mass is 10.2. The lowest BCUT2D eigenvalue weighted by molar-refractivity contribution is 0.305. The highest BCUT2D eigenvalue weighted by Gasteiger charge is 1.94. The van der Waals surface area contributed by atoms with E-state index in [4.69, 9.17) is 5.11 Å². The number of rotatable bonds is 1. The lowest BCUT2D eigenvalue weighted by Crippen LogP contribution is -1.84. The van der Waals surface area contributed by atoms with E-state index in [-0.39, 0.29) is 6.61 Å². The number of aliphatic hydroxyl groups is 1. The number of aromatic nitrogens is 1. The third-order valence-electron chi connectivity index (χ3n) is 1.23. The fourth-order valence-corrected chi connectivity index (χ4v) is 0.690. The molecule has 0 fully saturated rings. The summed E-state index contributed by atoms with van der Waals surface area (Å²) in [7, 11) is 0. The molecule has 1 aromatic rings. The van der Waals surface area contributed by atoms with Crippen molar-refractivity contribution in [3.05, 3.63) is 29.8 Å². The molecule has 0 bridgehead atoms. The van der Waals surface area contributed by atoms with Gasteiger partial charge < -0.3 is 5.11 Å². The van der Waals surface area contributed by atoms with Gasteiger partial charge in [0, 0.05) is 12.6 Å². The van der Waals surface area contributed by atoms with E-state index in [1.54, 1.807) is 0 Å². The van der Waals surface area contributed by atoms with Crippen molar-refractivity contribution in [2.24, 2.45) is 0 Å². The summed E-state index contributed by atoms with van der Waals surface area (Å²) < 4.78 is 12.8. The summed E-state index contributed by atoms with van der Waals surface area (Å²) in [6, 6.07) is 1.50. The van der Waals surface area contributed by atoms with Crippen molar-refractivity contribution < 1.29 is 9.50 Å². The van der Waals surface area contributed by atoms with Gasteiger partial charge in [0.15, 0.2) is 5.82 Å². The predicted molar refractivity (Wildman–Crippen MR) is 42.8 cm³/mol. The van der Waals surface area contributed by atoms with E-state index in [0.29, 0.717) is 12.0 Å². The number of hydrogen-bond donors (Lipinski definition) is 1. The van der Waals surface area contributed by atoms with Crippen LogP contribution >= 0.6 is 0 Å². The zero-order chi connectivity index (χ0) is 8.81. The van der Waals surface area contributed by atoms with Crippen molar-refractivity contribution in [3.63, 3.8) is 0 Å². The van der Waals surface area contributed by atoms with Crippen molar-refractivity contribution in [3.8, 4) is 11.8 Å². The molecule has 0 unspecified atom stereocenters. The summed E-state index contributed by atoms with van der Waals surface area (Å²) >= 11 is 0. The van der Waals surface area contributed by atoms with E-state index in [1.807, 2.05) is 0 Å². The summed E-state index contributed by atoms with van der Waals surface area (Å²) in [6.45, 7) is -0.000295. The minimum Gasteiger partial charge on any atom is -0.395 e. The minimum absolute atomic E-state index is 0.000295. The van der Waals surface area contributed by atoms with Crippen molar-refractivity contribution in [1.82, 2.24) is 4.98 Å². The largest absolute Gasteiger partial charge is 0.395 e. The molecule has 0 aliphatic heterocycles. The van der Waals surface area contributed by atoms with Crippen LogP contribution in [0, 0.1) is 17.7 Å². The van der Waals surface area contributed by atoms with Gasteiger partial charge >= 0.3 is 0 Å². The Morgan fingerprint density at radius 1 is 1.58 bits per heavy atom. The van der Waals surface area contributed by atoms with Crippen LogP contribution in [-0.2, 0) is 0 Å². The Hall–Kier alpha value is -1.40. The summed E-state index contributed by atoms with van der Waals surface area (Å²) in [5.41, 5.74) is 0.318. The van der Waals surface area contributed by atoms with E-state index in [2.05, 4.69) is 16.8 Å². The van der Waals surface area contributed by atoms with Crippen molar-refractivity contribution in [1.29, 1.82) is 0 Å². The molecule has 0 aliphatic rings. The monoisotopic (exact) mass is 165 g/mol. The second-order valence-electron chi connectivity index (χ2n) is 2.13. The average molecular weight is 165 g/mol. The Balaban J connectivity index is 2.77. The first-order valence-electron chi connectivity index (χ1n) is 3.54. The van der Waals surface area contributed by atoms with Crippen LogP contribution in [-0.4, -0.2) is 16.7 Å². The van der Waals surface area contributed by atoms with Gasteiger partial charge in [-0.3, -0.25) is 4.98 Å². The molecule has 0 spiro atoms. The third-order valence-corrected chi connectivity index (χ3v) is 1.23. The Kier molecular flexibility index (Phi) is 3.24. The molecular weight excluding hydrogens is 157 g/mol. The number of pyridine rings is 1. The molecule has 2 nitrogen and oxygen atoms in total. The molecule has 0 aliphatic carbocycles.